The first-order valence-electron chi connectivity index (χ1n) is 10.3. The lowest BCUT2D eigenvalue weighted by molar-refractivity contribution is -0.120. The second-order valence-corrected chi connectivity index (χ2v) is 8.92. The quantitative estimate of drug-likeness (QED) is 0.832. The molecule has 1 aromatic carbocycles. The summed E-state index contributed by atoms with van der Waals surface area (Å²) in [5, 5.41) is 2.97. The first-order valence-corrected chi connectivity index (χ1v) is 10.3. The zero-order valence-corrected chi connectivity index (χ0v) is 17.9. The number of para-hydroxylation sites is 1. The molecule has 2 aliphatic heterocycles. The van der Waals surface area contributed by atoms with Crippen LogP contribution in [-0.4, -0.2) is 53.6 Å². The van der Waals surface area contributed by atoms with Gasteiger partial charge in [-0.25, -0.2) is 9.79 Å². The molecule has 2 atom stereocenters. The highest BCUT2D eigenvalue weighted by molar-refractivity contribution is 6.05. The van der Waals surface area contributed by atoms with Crippen LogP contribution >= 0.6 is 0 Å². The van der Waals surface area contributed by atoms with Crippen LogP contribution in [0.3, 0.4) is 0 Å². The summed E-state index contributed by atoms with van der Waals surface area (Å²) in [6, 6.07) is 7.03. The fourth-order valence-corrected chi connectivity index (χ4v) is 3.45. The summed E-state index contributed by atoms with van der Waals surface area (Å²) in [7, 11) is 0. The predicted molar refractivity (Wildman–Crippen MR) is 112 cm³/mol. The molecule has 2 heterocycles. The number of aliphatic imine (C=N–C) groups is 1. The normalized spacial score (nSPS) is 21.7. The molecule has 7 nitrogen and oxygen atoms in total. The number of amides is 2. The zero-order valence-electron chi connectivity index (χ0n) is 17.9. The molecule has 0 aliphatic carbocycles. The van der Waals surface area contributed by atoms with Crippen molar-refractivity contribution in [2.45, 2.75) is 65.1 Å². The molecule has 1 fully saturated rings. The zero-order chi connectivity index (χ0) is 21.2. The molecule has 0 spiro atoms. The van der Waals surface area contributed by atoms with Crippen LogP contribution in [0.1, 0.15) is 53.0 Å². The van der Waals surface area contributed by atoms with Gasteiger partial charge in [-0.3, -0.25) is 9.69 Å². The molecule has 0 bridgehead atoms. The molecule has 1 aromatic rings. The van der Waals surface area contributed by atoms with Crippen molar-refractivity contribution in [2.24, 2.45) is 10.9 Å². The number of anilines is 1. The Morgan fingerprint density at radius 1 is 1.28 bits per heavy atom. The van der Waals surface area contributed by atoms with Gasteiger partial charge in [0.1, 0.15) is 18.2 Å². The van der Waals surface area contributed by atoms with E-state index in [4.69, 9.17) is 9.47 Å². The fraction of sp³-hybridized carbons (Fsp3) is 0.591. The summed E-state index contributed by atoms with van der Waals surface area (Å²) in [6.45, 7) is 10.7. The third-order valence-electron chi connectivity index (χ3n) is 5.04. The third-order valence-corrected chi connectivity index (χ3v) is 5.04. The second kappa shape index (κ2) is 8.43. The summed E-state index contributed by atoms with van der Waals surface area (Å²) in [4.78, 5) is 31.7. The Morgan fingerprint density at radius 2 is 2.00 bits per heavy atom. The summed E-state index contributed by atoms with van der Waals surface area (Å²) < 4.78 is 11.2. The minimum absolute atomic E-state index is 0.117. The van der Waals surface area contributed by atoms with Crippen molar-refractivity contribution in [1.29, 1.82) is 0 Å². The lowest BCUT2D eigenvalue weighted by Crippen LogP contribution is -2.45. The maximum atomic E-state index is 13.0. The molecule has 3 rings (SSSR count). The molecule has 0 aromatic heterocycles. The number of nitrogens with one attached hydrogen (secondary N) is 1. The fourth-order valence-electron chi connectivity index (χ4n) is 3.45. The van der Waals surface area contributed by atoms with Gasteiger partial charge in [-0.15, -0.1) is 0 Å². The molecule has 0 radical (unpaired) electrons. The summed E-state index contributed by atoms with van der Waals surface area (Å²) in [5.41, 5.74) is 0.792. The van der Waals surface area contributed by atoms with E-state index in [9.17, 15) is 9.59 Å². The van der Waals surface area contributed by atoms with Gasteiger partial charge >= 0.3 is 6.09 Å². The lowest BCUT2D eigenvalue weighted by Gasteiger charge is -2.28. The number of rotatable bonds is 4. The van der Waals surface area contributed by atoms with Crippen LogP contribution in [-0.2, 0) is 14.3 Å². The summed E-state index contributed by atoms with van der Waals surface area (Å²) >= 11 is 0. The van der Waals surface area contributed by atoms with E-state index < -0.39 is 17.7 Å². The van der Waals surface area contributed by atoms with Crippen molar-refractivity contribution in [1.82, 2.24) is 4.90 Å². The molecule has 29 heavy (non-hydrogen) atoms. The van der Waals surface area contributed by atoms with Crippen LogP contribution < -0.4 is 5.32 Å². The van der Waals surface area contributed by atoms with E-state index >= 15 is 0 Å². The van der Waals surface area contributed by atoms with Crippen LogP contribution in [0, 0.1) is 5.92 Å². The van der Waals surface area contributed by atoms with Gasteiger partial charge in [0.25, 0.3) is 0 Å². The smallest absolute Gasteiger partial charge is 0.410 e. The molecule has 2 amide bonds. The molecular formula is C22H31N3O4. The molecule has 7 heteroatoms. The highest BCUT2D eigenvalue weighted by Crippen LogP contribution is 2.26. The van der Waals surface area contributed by atoms with E-state index in [0.717, 1.165) is 12.0 Å². The van der Waals surface area contributed by atoms with Crippen molar-refractivity contribution in [2.75, 3.05) is 18.5 Å². The number of hydrogen-bond donors (Lipinski definition) is 1. The van der Waals surface area contributed by atoms with Gasteiger partial charge < -0.3 is 14.8 Å². The minimum Gasteiger partial charge on any atom is -0.475 e. The minimum atomic E-state index is -0.599. The molecule has 2 aliphatic rings. The molecule has 0 saturated carbocycles. The Labute approximate surface area is 172 Å². The van der Waals surface area contributed by atoms with Crippen LogP contribution in [0.25, 0.3) is 0 Å². The number of nitrogens with zero attached hydrogens (tertiary/aromatic N) is 2. The molecule has 0 unspecified atom stereocenters. The van der Waals surface area contributed by atoms with E-state index in [1.807, 2.05) is 45.0 Å². The van der Waals surface area contributed by atoms with E-state index in [1.165, 1.54) is 4.90 Å². The molecular weight excluding hydrogens is 370 g/mol. The lowest BCUT2D eigenvalue weighted by atomic mass is 10.1. The number of likely N-dealkylation sites (tertiary alicyclic amines) is 1. The van der Waals surface area contributed by atoms with Crippen LogP contribution in [0.15, 0.2) is 29.3 Å². The standard InChI is InChI=1S/C22H31N3O4/c1-14(2)17-13-28-20(24-17)15-9-6-7-10-16(15)23-19(26)18-11-8-12-25(18)21(27)29-22(3,4)5/h6-7,9-10,14,17-18H,8,11-13H2,1-5H3,(H,23,26)/t17-,18-/m1/s1. The number of hydrogen-bond acceptors (Lipinski definition) is 5. The topological polar surface area (TPSA) is 80.2 Å². The van der Waals surface area contributed by atoms with Crippen molar-refractivity contribution < 1.29 is 19.1 Å². The highest BCUT2D eigenvalue weighted by atomic mass is 16.6. The summed E-state index contributed by atoms with van der Waals surface area (Å²) in [6.07, 6.45) is 0.928. The number of benzene rings is 1. The average Bonchev–Trinajstić information content (AvgIpc) is 3.30. The predicted octanol–water partition coefficient (Wildman–Crippen LogP) is 3.83. The third kappa shape index (κ3) is 5.08. The van der Waals surface area contributed by atoms with Crippen LogP contribution in [0.5, 0.6) is 0 Å². The Kier molecular flexibility index (Phi) is 6.15. The SMILES string of the molecule is CC(C)[C@H]1COC(c2ccccc2NC(=O)[C@H]2CCCN2C(=O)OC(C)(C)C)=N1. The largest absolute Gasteiger partial charge is 0.475 e. The Balaban J connectivity index is 1.74. The van der Waals surface area contributed by atoms with Crippen molar-refractivity contribution in [3.05, 3.63) is 29.8 Å². The Bertz CT molecular complexity index is 797. The molecule has 1 N–H and O–H groups in total. The number of ether oxygens (including phenoxy) is 2. The van der Waals surface area contributed by atoms with Gasteiger partial charge in [0, 0.05) is 6.54 Å². The van der Waals surface area contributed by atoms with E-state index in [1.54, 1.807) is 0 Å². The van der Waals surface area contributed by atoms with Gasteiger partial charge in [0.05, 0.1) is 17.3 Å². The number of carbonyl (C=O) groups is 2. The highest BCUT2D eigenvalue weighted by Gasteiger charge is 2.37. The molecule has 158 valence electrons. The van der Waals surface area contributed by atoms with Crippen LogP contribution in [0.2, 0.25) is 0 Å². The van der Waals surface area contributed by atoms with E-state index in [2.05, 4.69) is 24.2 Å². The second-order valence-electron chi connectivity index (χ2n) is 8.92. The monoisotopic (exact) mass is 401 g/mol. The number of carbonyl (C=O) groups excluding carboxylic acids is 2. The van der Waals surface area contributed by atoms with E-state index in [0.29, 0.717) is 37.1 Å². The van der Waals surface area contributed by atoms with Crippen molar-refractivity contribution in [3.8, 4) is 0 Å². The first-order chi connectivity index (χ1) is 13.7. The van der Waals surface area contributed by atoms with Crippen LogP contribution in [0.4, 0.5) is 10.5 Å². The van der Waals surface area contributed by atoms with Crippen molar-refractivity contribution in [3.63, 3.8) is 0 Å². The molecule has 1 saturated heterocycles. The average molecular weight is 402 g/mol. The van der Waals surface area contributed by atoms with Gasteiger partial charge in [-0.1, -0.05) is 26.0 Å². The van der Waals surface area contributed by atoms with Gasteiger partial charge in [0.15, 0.2) is 0 Å². The van der Waals surface area contributed by atoms with Gasteiger partial charge in [-0.05, 0) is 51.7 Å². The van der Waals surface area contributed by atoms with E-state index in [-0.39, 0.29) is 11.9 Å². The Morgan fingerprint density at radius 3 is 2.66 bits per heavy atom. The van der Waals surface area contributed by atoms with Gasteiger partial charge in [0.2, 0.25) is 11.8 Å². The van der Waals surface area contributed by atoms with Crippen molar-refractivity contribution >= 4 is 23.6 Å². The maximum absolute atomic E-state index is 13.0. The maximum Gasteiger partial charge on any atom is 0.410 e. The Hall–Kier alpha value is -2.57. The van der Waals surface area contributed by atoms with Gasteiger partial charge in [-0.2, -0.15) is 0 Å². The summed E-state index contributed by atoms with van der Waals surface area (Å²) in [5.74, 6) is 0.713. The first kappa shape index (κ1) is 21.1.